The molecule has 1 fully saturated rings. The largest absolute Gasteiger partial charge is 0.573 e. The first-order valence-corrected chi connectivity index (χ1v) is 10.2. The zero-order valence-electron chi connectivity index (χ0n) is 17.4. The zero-order valence-corrected chi connectivity index (χ0v) is 17.4. The normalized spacial score (nSPS) is 17.3. The summed E-state index contributed by atoms with van der Waals surface area (Å²) < 4.78 is 40.7. The van der Waals surface area contributed by atoms with Crippen molar-refractivity contribution in [2.75, 3.05) is 13.1 Å². The quantitative estimate of drug-likeness (QED) is 0.710. The van der Waals surface area contributed by atoms with Crippen LogP contribution in [0.3, 0.4) is 0 Å². The van der Waals surface area contributed by atoms with Gasteiger partial charge in [0.1, 0.15) is 17.0 Å². The van der Waals surface area contributed by atoms with Crippen molar-refractivity contribution in [2.24, 2.45) is 0 Å². The average molecular weight is 462 g/mol. The number of carbonyl (C=O) groups is 2. The molecule has 1 saturated heterocycles. The highest BCUT2D eigenvalue weighted by Crippen LogP contribution is 2.32. The number of rotatable bonds is 5. The SMILES string of the molecule is O=C(NCc1ccncc1)C1=CC2(CCN(C(=O)c3ccc(OC(F)(F)F)cc3)CC2)ON1. The number of amides is 2. The summed E-state index contributed by atoms with van der Waals surface area (Å²) in [7, 11) is 0. The number of ether oxygens (including phenoxy) is 1. The molecule has 2 aliphatic heterocycles. The van der Waals surface area contributed by atoms with Gasteiger partial charge in [0, 0.05) is 50.4 Å². The minimum Gasteiger partial charge on any atom is -0.406 e. The fourth-order valence-corrected chi connectivity index (χ4v) is 3.69. The summed E-state index contributed by atoms with van der Waals surface area (Å²) in [6, 6.07) is 8.42. The maximum atomic E-state index is 12.7. The molecule has 4 rings (SSSR count). The molecule has 0 saturated carbocycles. The standard InChI is InChI=1S/C22H21F3N4O4/c23-22(24,25)32-17-3-1-16(2-4-17)20(31)29-11-7-21(8-12-29)13-18(28-33-21)19(30)27-14-15-5-9-26-10-6-15/h1-6,9-10,13,28H,7-8,11-12,14H2,(H,27,30). The molecular formula is C22H21F3N4O4. The van der Waals surface area contributed by atoms with Crippen LogP contribution in [-0.2, 0) is 16.2 Å². The summed E-state index contributed by atoms with van der Waals surface area (Å²) >= 11 is 0. The summed E-state index contributed by atoms with van der Waals surface area (Å²) in [4.78, 5) is 36.4. The van der Waals surface area contributed by atoms with Gasteiger partial charge < -0.3 is 15.0 Å². The van der Waals surface area contributed by atoms with Gasteiger partial charge in [-0.2, -0.15) is 0 Å². The van der Waals surface area contributed by atoms with Crippen LogP contribution in [0.1, 0.15) is 28.8 Å². The Morgan fingerprint density at radius 1 is 1.12 bits per heavy atom. The molecular weight excluding hydrogens is 441 g/mol. The molecule has 0 radical (unpaired) electrons. The Balaban J connectivity index is 1.31. The molecule has 0 bridgehead atoms. The molecule has 0 aliphatic carbocycles. The predicted octanol–water partition coefficient (Wildman–Crippen LogP) is 2.69. The minimum atomic E-state index is -4.79. The number of pyridine rings is 1. The van der Waals surface area contributed by atoms with Gasteiger partial charge in [-0.1, -0.05) is 0 Å². The van der Waals surface area contributed by atoms with Crippen molar-refractivity contribution >= 4 is 11.8 Å². The number of aromatic nitrogens is 1. The average Bonchev–Trinajstić information content (AvgIpc) is 3.21. The van der Waals surface area contributed by atoms with Crippen LogP contribution in [0.5, 0.6) is 5.75 Å². The Morgan fingerprint density at radius 2 is 1.79 bits per heavy atom. The maximum Gasteiger partial charge on any atom is 0.573 e. The van der Waals surface area contributed by atoms with Crippen molar-refractivity contribution in [3.05, 3.63) is 71.7 Å². The van der Waals surface area contributed by atoms with Crippen LogP contribution in [0, 0.1) is 0 Å². The van der Waals surface area contributed by atoms with E-state index in [2.05, 4.69) is 20.5 Å². The molecule has 1 aromatic heterocycles. The van der Waals surface area contributed by atoms with Gasteiger partial charge in [0.05, 0.1) is 0 Å². The number of alkyl halides is 3. The van der Waals surface area contributed by atoms with Crippen LogP contribution in [0.25, 0.3) is 0 Å². The van der Waals surface area contributed by atoms with Crippen LogP contribution in [0.15, 0.2) is 60.6 Å². The Kier molecular flexibility index (Phi) is 6.23. The molecule has 33 heavy (non-hydrogen) atoms. The number of hydrogen-bond donors (Lipinski definition) is 2. The highest BCUT2D eigenvalue weighted by atomic mass is 19.4. The molecule has 2 aromatic rings. The van der Waals surface area contributed by atoms with Gasteiger partial charge in [0.2, 0.25) is 0 Å². The number of nitrogens with zero attached hydrogens (tertiary/aromatic N) is 2. The number of nitrogens with one attached hydrogen (secondary N) is 2. The molecule has 0 unspecified atom stereocenters. The van der Waals surface area contributed by atoms with E-state index in [1.165, 1.54) is 12.1 Å². The molecule has 2 aliphatic rings. The molecule has 0 atom stereocenters. The lowest BCUT2D eigenvalue weighted by atomic mass is 9.90. The second-order valence-electron chi connectivity index (χ2n) is 7.73. The third-order valence-electron chi connectivity index (χ3n) is 5.45. The molecule has 1 aromatic carbocycles. The number of hydrogen-bond acceptors (Lipinski definition) is 6. The van der Waals surface area contributed by atoms with Crippen LogP contribution in [0.2, 0.25) is 0 Å². The molecule has 8 nitrogen and oxygen atoms in total. The minimum absolute atomic E-state index is 0.262. The first kappa shape index (κ1) is 22.6. The number of carbonyl (C=O) groups excluding carboxylic acids is 2. The Bertz CT molecular complexity index is 1030. The van der Waals surface area contributed by atoms with Gasteiger partial charge in [-0.3, -0.25) is 24.9 Å². The van der Waals surface area contributed by atoms with Crippen LogP contribution in [-0.4, -0.2) is 46.8 Å². The number of halogens is 3. The number of likely N-dealkylation sites (tertiary alicyclic amines) is 1. The summed E-state index contributed by atoms with van der Waals surface area (Å²) in [5, 5.41) is 2.81. The first-order valence-electron chi connectivity index (χ1n) is 10.2. The lowest BCUT2D eigenvalue weighted by Gasteiger charge is -2.36. The topological polar surface area (TPSA) is 92.8 Å². The number of benzene rings is 1. The number of piperidine rings is 1. The molecule has 1 spiro atoms. The van der Waals surface area contributed by atoms with Crippen LogP contribution < -0.4 is 15.5 Å². The summed E-state index contributed by atoms with van der Waals surface area (Å²) in [6.45, 7) is 1.08. The lowest BCUT2D eigenvalue weighted by molar-refractivity contribution is -0.274. The first-order chi connectivity index (χ1) is 15.7. The fraction of sp³-hybridized carbons (Fsp3) is 0.318. The van der Waals surface area contributed by atoms with Crippen molar-refractivity contribution in [1.29, 1.82) is 0 Å². The van der Waals surface area contributed by atoms with Crippen molar-refractivity contribution in [3.63, 3.8) is 0 Å². The number of hydroxylamine groups is 1. The van der Waals surface area contributed by atoms with Crippen molar-refractivity contribution in [2.45, 2.75) is 31.3 Å². The van der Waals surface area contributed by atoms with E-state index in [0.29, 0.717) is 38.2 Å². The second kappa shape index (κ2) is 9.10. The van der Waals surface area contributed by atoms with E-state index in [4.69, 9.17) is 4.84 Å². The van der Waals surface area contributed by atoms with Gasteiger partial charge in [-0.25, -0.2) is 0 Å². The van der Waals surface area contributed by atoms with Gasteiger partial charge in [-0.05, 0) is 48.0 Å². The van der Waals surface area contributed by atoms with E-state index < -0.39 is 12.0 Å². The highest BCUT2D eigenvalue weighted by Gasteiger charge is 2.41. The van der Waals surface area contributed by atoms with Gasteiger partial charge in [0.25, 0.3) is 11.8 Å². The third-order valence-corrected chi connectivity index (χ3v) is 5.45. The fourth-order valence-electron chi connectivity index (χ4n) is 3.69. The monoisotopic (exact) mass is 462 g/mol. The highest BCUT2D eigenvalue weighted by molar-refractivity contribution is 5.94. The summed E-state index contributed by atoms with van der Waals surface area (Å²) in [5.74, 6) is -0.987. The van der Waals surface area contributed by atoms with Crippen molar-refractivity contribution < 1.29 is 32.3 Å². The molecule has 3 heterocycles. The van der Waals surface area contributed by atoms with Gasteiger partial charge in [0.15, 0.2) is 0 Å². The van der Waals surface area contributed by atoms with E-state index in [0.717, 1.165) is 17.7 Å². The molecule has 174 valence electrons. The molecule has 2 N–H and O–H groups in total. The van der Waals surface area contributed by atoms with E-state index in [1.807, 2.05) is 0 Å². The smallest absolute Gasteiger partial charge is 0.406 e. The van der Waals surface area contributed by atoms with Crippen molar-refractivity contribution in [3.8, 4) is 5.75 Å². The third kappa shape index (κ3) is 5.61. The Morgan fingerprint density at radius 3 is 2.42 bits per heavy atom. The van der Waals surface area contributed by atoms with E-state index >= 15 is 0 Å². The second-order valence-corrected chi connectivity index (χ2v) is 7.73. The molecule has 11 heteroatoms. The van der Waals surface area contributed by atoms with Crippen LogP contribution in [0.4, 0.5) is 13.2 Å². The maximum absolute atomic E-state index is 12.7. The van der Waals surface area contributed by atoms with E-state index in [-0.39, 0.29) is 23.1 Å². The zero-order chi connectivity index (χ0) is 23.5. The van der Waals surface area contributed by atoms with Crippen LogP contribution >= 0.6 is 0 Å². The summed E-state index contributed by atoms with van der Waals surface area (Å²) in [6.07, 6.45) is 1.16. The van der Waals surface area contributed by atoms with Gasteiger partial charge in [-0.15, -0.1) is 13.2 Å². The Labute approximate surface area is 187 Å². The predicted molar refractivity (Wildman–Crippen MR) is 109 cm³/mol. The van der Waals surface area contributed by atoms with Gasteiger partial charge >= 0.3 is 6.36 Å². The molecule has 2 amide bonds. The Hall–Kier alpha value is -3.60. The van der Waals surface area contributed by atoms with Crippen molar-refractivity contribution in [1.82, 2.24) is 20.7 Å². The summed E-state index contributed by atoms with van der Waals surface area (Å²) in [5.41, 5.74) is 3.46. The lowest BCUT2D eigenvalue weighted by Crippen LogP contribution is -2.46. The van der Waals surface area contributed by atoms with E-state index in [9.17, 15) is 22.8 Å². The van der Waals surface area contributed by atoms with E-state index in [1.54, 1.807) is 35.5 Å².